The predicted octanol–water partition coefficient (Wildman–Crippen LogP) is 0.0456. The Balaban J connectivity index is 1.43. The normalized spacial score (nSPS) is 22.0. The lowest BCUT2D eigenvalue weighted by Gasteiger charge is -2.46. The molecule has 0 unspecified atom stereocenters. The Morgan fingerprint density at radius 1 is 0.957 bits per heavy atom. The van der Waals surface area contributed by atoms with Gasteiger partial charge >= 0.3 is 5.97 Å². The number of ether oxygens (including phenoxy) is 2. The van der Waals surface area contributed by atoms with Crippen LogP contribution >= 0.6 is 0 Å². The number of aliphatic carboxylic acids is 1. The predicted molar refractivity (Wildman–Crippen MR) is 166 cm³/mol. The summed E-state index contributed by atoms with van der Waals surface area (Å²) in [5.74, 6) is -3.00. The summed E-state index contributed by atoms with van der Waals surface area (Å²) in [6.45, 7) is -1.77. The monoisotopic (exact) mass is 648 g/mol. The molecular formula is C34H36N2O11. The molecule has 1 saturated heterocycles. The molecule has 0 spiro atoms. The first-order chi connectivity index (χ1) is 22.4. The van der Waals surface area contributed by atoms with Gasteiger partial charge in [0, 0.05) is 18.5 Å². The number of amides is 2. The van der Waals surface area contributed by atoms with Crippen LogP contribution in [-0.4, -0.2) is 97.8 Å². The molecule has 1 aliphatic rings. The highest BCUT2D eigenvalue weighted by atomic mass is 16.7. The number of aromatic hydroxyl groups is 1. The third-order valence-electron chi connectivity index (χ3n) is 7.72. The van der Waals surface area contributed by atoms with Crippen LogP contribution in [0.3, 0.4) is 0 Å². The van der Waals surface area contributed by atoms with Gasteiger partial charge in [-0.15, -0.1) is 6.42 Å². The van der Waals surface area contributed by atoms with Crippen LogP contribution in [-0.2, 0) is 36.9 Å². The van der Waals surface area contributed by atoms with Crippen molar-refractivity contribution in [3.8, 4) is 29.2 Å². The van der Waals surface area contributed by atoms with Crippen LogP contribution in [0.15, 0.2) is 72.8 Å². The summed E-state index contributed by atoms with van der Waals surface area (Å²) in [4.78, 5) is 37.1. The number of carboxylic acids is 1. The fourth-order valence-electron chi connectivity index (χ4n) is 5.12. The molecule has 6 atom stereocenters. The Morgan fingerprint density at radius 2 is 1.55 bits per heavy atom. The van der Waals surface area contributed by atoms with Crippen molar-refractivity contribution in [2.75, 3.05) is 13.2 Å². The molecule has 1 aliphatic heterocycles. The van der Waals surface area contributed by atoms with Gasteiger partial charge in [0.15, 0.2) is 0 Å². The first-order valence-corrected chi connectivity index (χ1v) is 14.6. The third-order valence-corrected chi connectivity index (χ3v) is 7.72. The number of benzene rings is 3. The van der Waals surface area contributed by atoms with E-state index in [4.69, 9.17) is 15.9 Å². The first-order valence-electron chi connectivity index (χ1n) is 14.6. The van der Waals surface area contributed by atoms with Gasteiger partial charge < -0.3 is 50.7 Å². The van der Waals surface area contributed by atoms with Gasteiger partial charge in [0.1, 0.15) is 24.6 Å². The molecule has 8 N–H and O–H groups in total. The van der Waals surface area contributed by atoms with Gasteiger partial charge in [-0.3, -0.25) is 9.59 Å². The first kappa shape index (κ1) is 35.1. The van der Waals surface area contributed by atoms with Crippen molar-refractivity contribution in [3.63, 3.8) is 0 Å². The topological polar surface area (TPSA) is 215 Å². The van der Waals surface area contributed by atoms with E-state index in [1.807, 2.05) is 12.1 Å². The highest BCUT2D eigenvalue weighted by Crippen LogP contribution is 2.34. The van der Waals surface area contributed by atoms with Gasteiger partial charge in [0.25, 0.3) is 5.79 Å². The number of hydrogen-bond donors (Lipinski definition) is 8. The van der Waals surface area contributed by atoms with Gasteiger partial charge in [-0.25, -0.2) is 4.79 Å². The van der Waals surface area contributed by atoms with E-state index in [0.717, 1.165) is 11.1 Å². The second-order valence-corrected chi connectivity index (χ2v) is 11.1. The zero-order chi connectivity index (χ0) is 34.1. The average Bonchev–Trinajstić information content (AvgIpc) is 3.07. The molecule has 0 aromatic heterocycles. The van der Waals surface area contributed by atoms with Gasteiger partial charge in [-0.05, 0) is 46.5 Å². The van der Waals surface area contributed by atoms with Crippen LogP contribution < -0.4 is 10.6 Å². The highest BCUT2D eigenvalue weighted by Gasteiger charge is 2.55. The second-order valence-electron chi connectivity index (χ2n) is 11.1. The van der Waals surface area contributed by atoms with Crippen molar-refractivity contribution >= 4 is 17.8 Å². The molecule has 1 fully saturated rings. The van der Waals surface area contributed by atoms with E-state index < -0.39 is 73.6 Å². The van der Waals surface area contributed by atoms with E-state index >= 15 is 0 Å². The van der Waals surface area contributed by atoms with Gasteiger partial charge in [0.2, 0.25) is 11.8 Å². The Hall–Kier alpha value is -4.81. The minimum Gasteiger partial charge on any atom is -0.508 e. The maximum Gasteiger partial charge on any atom is 0.364 e. The summed E-state index contributed by atoms with van der Waals surface area (Å²) in [5, 5.41) is 66.5. The maximum atomic E-state index is 12.7. The Bertz CT molecular complexity index is 1570. The van der Waals surface area contributed by atoms with E-state index in [9.17, 15) is 45.0 Å². The summed E-state index contributed by atoms with van der Waals surface area (Å²) in [5.41, 5.74) is 3.50. The number of rotatable bonds is 13. The zero-order valence-corrected chi connectivity index (χ0v) is 25.2. The third kappa shape index (κ3) is 8.93. The SMILES string of the molecule is C#Cc1ccc(CO[C@]2(C(=O)O)C[C@H](O)[C@@H](NC(=O)CO)[C@H]([C@H](O)[C@H](O)CNC(=O)Cc3ccc(-c4ccc(O)cc4)cc3)O2)cc1. The summed E-state index contributed by atoms with van der Waals surface area (Å²) in [6, 6.07) is 18.7. The minimum atomic E-state index is -2.51. The van der Waals surface area contributed by atoms with Crippen LogP contribution in [0.4, 0.5) is 0 Å². The van der Waals surface area contributed by atoms with E-state index in [1.54, 1.807) is 60.7 Å². The molecular weight excluding hydrogens is 612 g/mol. The fourth-order valence-corrected chi connectivity index (χ4v) is 5.12. The van der Waals surface area contributed by atoms with E-state index in [2.05, 4.69) is 16.6 Å². The molecule has 248 valence electrons. The number of aliphatic hydroxyl groups excluding tert-OH is 4. The second kappa shape index (κ2) is 15.7. The molecule has 3 aromatic rings. The lowest BCUT2D eigenvalue weighted by molar-refractivity contribution is -0.314. The average molecular weight is 649 g/mol. The van der Waals surface area contributed by atoms with Crippen LogP contribution in [0.1, 0.15) is 23.1 Å². The summed E-state index contributed by atoms with van der Waals surface area (Å²) >= 11 is 0. The minimum absolute atomic E-state index is 0.0647. The molecule has 13 nitrogen and oxygen atoms in total. The number of phenolic OH excluding ortho intramolecular Hbond substituents is 1. The molecule has 47 heavy (non-hydrogen) atoms. The Morgan fingerprint density at radius 3 is 2.13 bits per heavy atom. The summed E-state index contributed by atoms with van der Waals surface area (Å²) in [7, 11) is 0. The van der Waals surface area contributed by atoms with Gasteiger partial charge in [-0.2, -0.15) is 0 Å². The van der Waals surface area contributed by atoms with Crippen LogP contribution in [0.25, 0.3) is 11.1 Å². The number of carboxylic acid groups (broad SMARTS) is 1. The molecule has 3 aromatic carbocycles. The molecule has 2 amide bonds. The molecule has 0 radical (unpaired) electrons. The van der Waals surface area contributed by atoms with Crippen molar-refractivity contribution < 1.29 is 54.5 Å². The lowest BCUT2D eigenvalue weighted by atomic mass is 9.88. The van der Waals surface area contributed by atoms with E-state index in [-0.39, 0.29) is 18.8 Å². The Kier molecular flexibility index (Phi) is 11.7. The van der Waals surface area contributed by atoms with Gasteiger partial charge in [-0.1, -0.05) is 54.5 Å². The van der Waals surface area contributed by atoms with Crippen molar-refractivity contribution in [1.29, 1.82) is 0 Å². The molecule has 0 saturated carbocycles. The number of aliphatic hydroxyl groups is 4. The number of hydrogen-bond acceptors (Lipinski definition) is 10. The standard InChI is InChI=1S/C34H36N2O11/c1-2-20-3-5-22(6-4-20)19-46-34(33(44)45)16-26(39)30(36-29(42)18-37)32(47-34)31(43)27(40)17-35-28(41)15-21-7-9-23(10-8-21)24-11-13-25(38)14-12-24/h1,3-14,26-27,30-32,37-40,43H,15-19H2,(H,35,41)(H,36,42)(H,44,45)/t26-,27+,30+,31+,32+,34+/m0/s1. The van der Waals surface area contributed by atoms with Crippen molar-refractivity contribution in [2.24, 2.45) is 0 Å². The largest absolute Gasteiger partial charge is 0.508 e. The molecule has 1 heterocycles. The number of terminal acetylenes is 1. The molecule has 4 rings (SSSR count). The van der Waals surface area contributed by atoms with E-state index in [0.29, 0.717) is 16.7 Å². The van der Waals surface area contributed by atoms with Crippen LogP contribution in [0, 0.1) is 12.3 Å². The summed E-state index contributed by atoms with van der Waals surface area (Å²) in [6.07, 6.45) is -2.49. The zero-order valence-electron chi connectivity index (χ0n) is 25.2. The number of carbonyl (C=O) groups excluding carboxylic acids is 2. The van der Waals surface area contributed by atoms with Gasteiger partial charge in [0.05, 0.1) is 31.3 Å². The fraction of sp³-hybridized carbons (Fsp3) is 0.324. The maximum absolute atomic E-state index is 12.7. The van der Waals surface area contributed by atoms with E-state index in [1.165, 1.54) is 0 Å². The van der Waals surface area contributed by atoms with Crippen molar-refractivity contribution in [2.45, 2.75) is 55.7 Å². The van der Waals surface area contributed by atoms with Crippen LogP contribution in [0.5, 0.6) is 5.75 Å². The smallest absolute Gasteiger partial charge is 0.364 e. The molecule has 13 heteroatoms. The van der Waals surface area contributed by atoms with Crippen molar-refractivity contribution in [3.05, 3.63) is 89.5 Å². The lowest BCUT2D eigenvalue weighted by Crippen LogP contribution is -2.68. The highest BCUT2D eigenvalue weighted by molar-refractivity contribution is 5.79. The van der Waals surface area contributed by atoms with Crippen LogP contribution in [0.2, 0.25) is 0 Å². The van der Waals surface area contributed by atoms with Crippen molar-refractivity contribution in [1.82, 2.24) is 10.6 Å². The quantitative estimate of drug-likeness (QED) is 0.116. The summed E-state index contributed by atoms with van der Waals surface area (Å²) < 4.78 is 11.4. The number of phenols is 1. The number of nitrogens with one attached hydrogen (secondary N) is 2. The molecule has 0 aliphatic carbocycles. The number of carbonyl (C=O) groups is 3. The molecule has 0 bridgehead atoms. The Labute approximate surface area is 270 Å².